The molecule has 6 heteroatoms. The number of nitrogens with zero attached hydrogens (tertiary/aromatic N) is 2. The van der Waals surface area contributed by atoms with Gasteiger partial charge in [-0.05, 0) is 60.4 Å². The molecule has 0 radical (unpaired) electrons. The van der Waals surface area contributed by atoms with E-state index in [4.69, 9.17) is 4.74 Å². The first-order valence-corrected chi connectivity index (χ1v) is 10.7. The van der Waals surface area contributed by atoms with E-state index in [1.165, 1.54) is 37.8 Å². The molecule has 1 aromatic heterocycles. The second kappa shape index (κ2) is 10.9. The fourth-order valence-electron chi connectivity index (χ4n) is 3.22. The van der Waals surface area contributed by atoms with E-state index in [1.54, 1.807) is 0 Å². The molecule has 0 unspecified atom stereocenters. The van der Waals surface area contributed by atoms with Gasteiger partial charge in [-0.2, -0.15) is 13.2 Å². The molecule has 3 rings (SSSR count). The van der Waals surface area contributed by atoms with Crippen LogP contribution < -0.4 is 4.74 Å². The summed E-state index contributed by atoms with van der Waals surface area (Å²) in [5, 5.41) is 0. The first-order valence-electron chi connectivity index (χ1n) is 10.7. The standard InChI is InChI=1S/C25H27F3N2O/c1-2-3-4-5-6-7-20-16-29-24(30-17-20)21-10-14-23(15-11-21)31-18-19-8-12-22(13-9-19)25(26,27)28/h8-17H,2-7,18H2,1H3. The maximum Gasteiger partial charge on any atom is 0.416 e. The Kier molecular flexibility index (Phi) is 8.04. The molecule has 0 aliphatic rings. The summed E-state index contributed by atoms with van der Waals surface area (Å²) in [5.41, 5.74) is 2.04. The van der Waals surface area contributed by atoms with Gasteiger partial charge in [-0.1, -0.05) is 44.7 Å². The van der Waals surface area contributed by atoms with Crippen molar-refractivity contribution in [1.82, 2.24) is 9.97 Å². The lowest BCUT2D eigenvalue weighted by molar-refractivity contribution is -0.137. The average Bonchev–Trinajstić information content (AvgIpc) is 2.78. The summed E-state index contributed by atoms with van der Waals surface area (Å²) in [6, 6.07) is 12.4. The Bertz CT molecular complexity index is 921. The lowest BCUT2D eigenvalue weighted by Crippen LogP contribution is -2.05. The fraction of sp³-hybridized carbons (Fsp3) is 0.360. The van der Waals surface area contributed by atoms with E-state index in [-0.39, 0.29) is 6.61 Å². The number of ether oxygens (including phenoxy) is 1. The van der Waals surface area contributed by atoms with Crippen molar-refractivity contribution in [3.63, 3.8) is 0 Å². The quantitative estimate of drug-likeness (QED) is 0.319. The predicted octanol–water partition coefficient (Wildman–Crippen LogP) is 7.25. The van der Waals surface area contributed by atoms with E-state index in [2.05, 4.69) is 16.9 Å². The Morgan fingerprint density at radius 2 is 1.42 bits per heavy atom. The zero-order valence-corrected chi connectivity index (χ0v) is 17.7. The van der Waals surface area contributed by atoms with Crippen LogP contribution in [0.2, 0.25) is 0 Å². The van der Waals surface area contributed by atoms with Crippen LogP contribution in [0, 0.1) is 0 Å². The van der Waals surface area contributed by atoms with Gasteiger partial charge in [-0.3, -0.25) is 0 Å². The third-order valence-corrected chi connectivity index (χ3v) is 5.07. The number of hydrogen-bond acceptors (Lipinski definition) is 3. The van der Waals surface area contributed by atoms with Gasteiger partial charge in [0.2, 0.25) is 0 Å². The van der Waals surface area contributed by atoms with Crippen LogP contribution in [-0.2, 0) is 19.2 Å². The maximum atomic E-state index is 12.6. The molecule has 0 spiro atoms. The van der Waals surface area contributed by atoms with Crippen molar-refractivity contribution in [2.45, 2.75) is 58.2 Å². The van der Waals surface area contributed by atoms with Gasteiger partial charge in [-0.25, -0.2) is 9.97 Å². The molecule has 0 aliphatic heterocycles. The topological polar surface area (TPSA) is 35.0 Å². The van der Waals surface area contributed by atoms with E-state index in [0.717, 1.165) is 36.1 Å². The van der Waals surface area contributed by atoms with Gasteiger partial charge in [0, 0.05) is 18.0 Å². The highest BCUT2D eigenvalue weighted by molar-refractivity contribution is 5.55. The zero-order chi connectivity index (χ0) is 22.1. The summed E-state index contributed by atoms with van der Waals surface area (Å²) in [6.45, 7) is 2.41. The molecule has 1 heterocycles. The maximum absolute atomic E-state index is 12.6. The van der Waals surface area contributed by atoms with E-state index in [1.807, 2.05) is 36.7 Å². The van der Waals surface area contributed by atoms with Crippen molar-refractivity contribution in [1.29, 1.82) is 0 Å². The number of alkyl halides is 3. The van der Waals surface area contributed by atoms with Crippen molar-refractivity contribution < 1.29 is 17.9 Å². The van der Waals surface area contributed by atoms with Crippen LogP contribution in [-0.4, -0.2) is 9.97 Å². The van der Waals surface area contributed by atoms with E-state index < -0.39 is 11.7 Å². The smallest absolute Gasteiger partial charge is 0.416 e. The highest BCUT2D eigenvalue weighted by Crippen LogP contribution is 2.29. The minimum absolute atomic E-state index is 0.195. The van der Waals surface area contributed by atoms with Gasteiger partial charge in [0.1, 0.15) is 12.4 Å². The van der Waals surface area contributed by atoms with Crippen molar-refractivity contribution in [2.24, 2.45) is 0 Å². The van der Waals surface area contributed by atoms with Crippen LogP contribution in [0.4, 0.5) is 13.2 Å². The van der Waals surface area contributed by atoms with Gasteiger partial charge in [0.15, 0.2) is 5.82 Å². The molecular formula is C25H27F3N2O. The molecule has 0 bridgehead atoms. The van der Waals surface area contributed by atoms with Crippen LogP contribution in [0.1, 0.15) is 55.7 Å². The summed E-state index contributed by atoms with van der Waals surface area (Å²) in [4.78, 5) is 8.94. The van der Waals surface area contributed by atoms with Crippen molar-refractivity contribution in [3.8, 4) is 17.1 Å². The molecule has 0 saturated heterocycles. The minimum atomic E-state index is -4.33. The number of halogens is 3. The van der Waals surface area contributed by atoms with E-state index in [0.29, 0.717) is 17.1 Å². The van der Waals surface area contributed by atoms with Gasteiger partial charge in [-0.15, -0.1) is 0 Å². The molecule has 0 saturated carbocycles. The van der Waals surface area contributed by atoms with Crippen LogP contribution in [0.3, 0.4) is 0 Å². The van der Waals surface area contributed by atoms with Crippen molar-refractivity contribution in [2.75, 3.05) is 0 Å². The van der Waals surface area contributed by atoms with Crippen molar-refractivity contribution in [3.05, 3.63) is 77.6 Å². The number of hydrogen-bond donors (Lipinski definition) is 0. The summed E-state index contributed by atoms with van der Waals surface area (Å²) in [6.07, 6.45) is 6.66. The Hall–Kier alpha value is -2.89. The summed E-state index contributed by atoms with van der Waals surface area (Å²) in [5.74, 6) is 1.29. The molecule has 0 amide bonds. The fourth-order valence-corrected chi connectivity index (χ4v) is 3.22. The van der Waals surface area contributed by atoms with Crippen LogP contribution in [0.15, 0.2) is 60.9 Å². The van der Waals surface area contributed by atoms with Gasteiger partial charge in [0.05, 0.1) is 5.56 Å². The number of unbranched alkanes of at least 4 members (excludes halogenated alkanes) is 4. The molecule has 0 N–H and O–H groups in total. The molecular weight excluding hydrogens is 401 g/mol. The van der Waals surface area contributed by atoms with Crippen molar-refractivity contribution >= 4 is 0 Å². The number of aryl methyl sites for hydroxylation is 1. The molecule has 2 aromatic carbocycles. The average molecular weight is 428 g/mol. The first kappa shape index (κ1) is 22.8. The predicted molar refractivity (Wildman–Crippen MR) is 116 cm³/mol. The van der Waals surface area contributed by atoms with Gasteiger partial charge >= 0.3 is 6.18 Å². The largest absolute Gasteiger partial charge is 0.489 e. The molecule has 0 aliphatic carbocycles. The molecule has 164 valence electrons. The molecule has 3 nitrogen and oxygen atoms in total. The third kappa shape index (κ3) is 7.09. The van der Waals surface area contributed by atoms with Crippen LogP contribution >= 0.6 is 0 Å². The van der Waals surface area contributed by atoms with Crippen LogP contribution in [0.25, 0.3) is 11.4 Å². The number of aromatic nitrogens is 2. The Balaban J connectivity index is 1.50. The second-order valence-electron chi connectivity index (χ2n) is 7.59. The zero-order valence-electron chi connectivity index (χ0n) is 17.7. The Labute approximate surface area is 181 Å². The number of benzene rings is 2. The van der Waals surface area contributed by atoms with Crippen LogP contribution in [0.5, 0.6) is 5.75 Å². The lowest BCUT2D eigenvalue weighted by atomic mass is 10.1. The molecule has 31 heavy (non-hydrogen) atoms. The van der Waals surface area contributed by atoms with E-state index >= 15 is 0 Å². The molecule has 0 atom stereocenters. The highest BCUT2D eigenvalue weighted by Gasteiger charge is 2.29. The van der Waals surface area contributed by atoms with E-state index in [9.17, 15) is 13.2 Å². The van der Waals surface area contributed by atoms with Gasteiger partial charge < -0.3 is 4.74 Å². The summed E-state index contributed by atoms with van der Waals surface area (Å²) in [7, 11) is 0. The highest BCUT2D eigenvalue weighted by atomic mass is 19.4. The SMILES string of the molecule is CCCCCCCc1cnc(-c2ccc(OCc3ccc(C(F)(F)F)cc3)cc2)nc1. The van der Waals surface area contributed by atoms with Gasteiger partial charge in [0.25, 0.3) is 0 Å². The monoisotopic (exact) mass is 428 g/mol. The molecule has 3 aromatic rings. The Morgan fingerprint density at radius 1 is 0.774 bits per heavy atom. The molecule has 0 fully saturated rings. The lowest BCUT2D eigenvalue weighted by Gasteiger charge is -2.09. The second-order valence-corrected chi connectivity index (χ2v) is 7.59. The third-order valence-electron chi connectivity index (χ3n) is 5.07. The summed E-state index contributed by atoms with van der Waals surface area (Å²) >= 11 is 0. The first-order chi connectivity index (χ1) is 15.0. The summed E-state index contributed by atoms with van der Waals surface area (Å²) < 4.78 is 43.6. The minimum Gasteiger partial charge on any atom is -0.489 e. The number of rotatable bonds is 10. The normalized spacial score (nSPS) is 11.5. The Morgan fingerprint density at radius 3 is 2.03 bits per heavy atom.